The van der Waals surface area contributed by atoms with Gasteiger partial charge in [0.2, 0.25) is 5.91 Å². The number of carbonyl (C=O) groups excluding carboxylic acids is 1. The number of benzene rings is 1. The predicted molar refractivity (Wildman–Crippen MR) is 82.4 cm³/mol. The van der Waals surface area contributed by atoms with Crippen LogP contribution in [0, 0.1) is 12.8 Å². The fourth-order valence-corrected chi connectivity index (χ4v) is 6.50. The third-order valence-corrected chi connectivity index (χ3v) is 7.09. The number of fused-ring (bicyclic) bond motifs is 2. The van der Waals surface area contributed by atoms with Crippen molar-refractivity contribution in [2.24, 2.45) is 5.92 Å². The van der Waals surface area contributed by atoms with Gasteiger partial charge in [-0.3, -0.25) is 9.69 Å². The average molecular weight is 322 g/mol. The third kappa shape index (κ3) is 1.98. The highest BCUT2D eigenvalue weighted by atomic mass is 32.2. The Morgan fingerprint density at radius 2 is 2.14 bits per heavy atom. The highest BCUT2D eigenvalue weighted by molar-refractivity contribution is 7.91. The van der Waals surface area contributed by atoms with E-state index >= 15 is 0 Å². The molecule has 2 atom stereocenters. The lowest BCUT2D eigenvalue weighted by Crippen LogP contribution is -2.36. The van der Waals surface area contributed by atoms with Crippen molar-refractivity contribution in [2.75, 3.05) is 16.4 Å². The van der Waals surface area contributed by atoms with E-state index in [1.165, 1.54) is 11.3 Å². The molecule has 110 valence electrons. The van der Waals surface area contributed by atoms with Gasteiger partial charge in [-0.15, -0.1) is 0 Å². The summed E-state index contributed by atoms with van der Waals surface area (Å²) in [6.45, 7) is 1.99. The lowest BCUT2D eigenvalue weighted by atomic mass is 10.1. The molecule has 0 radical (unpaired) electrons. The molecule has 2 aromatic rings. The van der Waals surface area contributed by atoms with Crippen LogP contribution in [0.2, 0.25) is 0 Å². The minimum atomic E-state index is -3.03. The van der Waals surface area contributed by atoms with Crippen LogP contribution in [0.25, 0.3) is 10.2 Å². The second-order valence-corrected chi connectivity index (χ2v) is 8.95. The van der Waals surface area contributed by atoms with Crippen LogP contribution in [0.15, 0.2) is 18.2 Å². The summed E-state index contributed by atoms with van der Waals surface area (Å²) in [7, 11) is -3.03. The first-order chi connectivity index (χ1) is 9.94. The van der Waals surface area contributed by atoms with Gasteiger partial charge in [-0.25, -0.2) is 13.4 Å². The number of amides is 1. The maximum Gasteiger partial charge on any atom is 0.229 e. The van der Waals surface area contributed by atoms with Crippen molar-refractivity contribution in [3.8, 4) is 0 Å². The Hall–Kier alpha value is -1.47. The summed E-state index contributed by atoms with van der Waals surface area (Å²) in [6.07, 6.45) is 0.318. The quantitative estimate of drug-likeness (QED) is 0.802. The van der Waals surface area contributed by atoms with E-state index in [0.717, 1.165) is 15.8 Å². The smallest absolute Gasteiger partial charge is 0.229 e. The molecule has 0 unspecified atom stereocenters. The maximum atomic E-state index is 12.3. The van der Waals surface area contributed by atoms with Crippen molar-refractivity contribution in [1.29, 1.82) is 0 Å². The van der Waals surface area contributed by atoms with Crippen LogP contribution in [0.1, 0.15) is 12.0 Å². The van der Waals surface area contributed by atoms with Crippen molar-refractivity contribution in [2.45, 2.75) is 19.4 Å². The maximum absolute atomic E-state index is 12.3. The van der Waals surface area contributed by atoms with Gasteiger partial charge in [-0.1, -0.05) is 23.5 Å². The Bertz CT molecular complexity index is 856. The minimum absolute atomic E-state index is 0.00314. The third-order valence-electron chi connectivity index (χ3n) is 4.29. The number of carbonyl (C=O) groups is 1. The zero-order chi connectivity index (χ0) is 14.8. The van der Waals surface area contributed by atoms with Gasteiger partial charge < -0.3 is 0 Å². The molecule has 5 nitrogen and oxygen atoms in total. The summed E-state index contributed by atoms with van der Waals surface area (Å²) >= 11 is 1.46. The molecule has 7 heteroatoms. The van der Waals surface area contributed by atoms with E-state index in [1.807, 2.05) is 25.1 Å². The van der Waals surface area contributed by atoms with E-state index < -0.39 is 9.84 Å². The fraction of sp³-hybridized carbons (Fsp3) is 0.429. The first-order valence-corrected chi connectivity index (χ1v) is 9.47. The molecule has 1 aromatic carbocycles. The average Bonchev–Trinajstić information content (AvgIpc) is 2.99. The van der Waals surface area contributed by atoms with Crippen molar-refractivity contribution in [1.82, 2.24) is 4.98 Å². The zero-order valence-corrected chi connectivity index (χ0v) is 13.1. The predicted octanol–water partition coefficient (Wildman–Crippen LogP) is 1.75. The minimum Gasteiger partial charge on any atom is -0.284 e. The first-order valence-electron chi connectivity index (χ1n) is 6.83. The zero-order valence-electron chi connectivity index (χ0n) is 11.4. The summed E-state index contributed by atoms with van der Waals surface area (Å²) in [4.78, 5) is 18.5. The van der Waals surface area contributed by atoms with Gasteiger partial charge in [-0.05, 0) is 18.6 Å². The number of sulfone groups is 1. The van der Waals surface area contributed by atoms with E-state index in [0.29, 0.717) is 11.6 Å². The number of hydrogen-bond acceptors (Lipinski definition) is 5. The Kier molecular flexibility index (Phi) is 2.68. The van der Waals surface area contributed by atoms with E-state index in [2.05, 4.69) is 4.98 Å². The lowest BCUT2D eigenvalue weighted by molar-refractivity contribution is -0.117. The van der Waals surface area contributed by atoms with E-state index in [1.54, 1.807) is 4.90 Å². The number of rotatable bonds is 1. The Morgan fingerprint density at radius 1 is 1.33 bits per heavy atom. The Labute approximate surface area is 126 Å². The largest absolute Gasteiger partial charge is 0.284 e. The molecule has 1 aromatic heterocycles. The van der Waals surface area contributed by atoms with Crippen molar-refractivity contribution < 1.29 is 13.2 Å². The van der Waals surface area contributed by atoms with Gasteiger partial charge in [0.1, 0.15) is 0 Å². The lowest BCUT2D eigenvalue weighted by Gasteiger charge is -2.19. The number of para-hydroxylation sites is 1. The number of anilines is 1. The molecule has 2 aliphatic heterocycles. The number of aryl methyl sites for hydroxylation is 1. The molecule has 1 amide bonds. The fourth-order valence-electron chi connectivity index (χ4n) is 3.32. The monoisotopic (exact) mass is 322 g/mol. The van der Waals surface area contributed by atoms with Crippen LogP contribution in [-0.2, 0) is 14.6 Å². The van der Waals surface area contributed by atoms with Crippen molar-refractivity contribution in [3.63, 3.8) is 0 Å². The molecule has 0 N–H and O–H groups in total. The molecular formula is C14H14N2O3S2. The number of nitrogens with zero attached hydrogens (tertiary/aromatic N) is 2. The molecule has 2 aliphatic rings. The number of aromatic nitrogens is 1. The Balaban J connectivity index is 1.80. The van der Waals surface area contributed by atoms with E-state index in [9.17, 15) is 13.2 Å². The summed E-state index contributed by atoms with van der Waals surface area (Å²) in [6, 6.07) is 5.70. The molecular weight excluding hydrogens is 308 g/mol. The summed E-state index contributed by atoms with van der Waals surface area (Å²) in [5, 5.41) is 0.633. The molecule has 0 bridgehead atoms. The first kappa shape index (κ1) is 13.2. The second-order valence-electron chi connectivity index (χ2n) is 5.79. The van der Waals surface area contributed by atoms with Crippen LogP contribution in [-0.4, -0.2) is 36.9 Å². The van der Waals surface area contributed by atoms with Gasteiger partial charge in [0, 0.05) is 12.3 Å². The highest BCUT2D eigenvalue weighted by Crippen LogP contribution is 2.40. The van der Waals surface area contributed by atoms with Crippen molar-refractivity contribution in [3.05, 3.63) is 23.8 Å². The standard InChI is InChI=1S/C14H14N2O3S2/c1-8-3-2-4-11-13(8)15-14(20-11)16-10-7-21(18,19)6-9(10)5-12(16)17/h2-4,9-10H,5-7H2,1H3/t9-,10+/m1/s1. The van der Waals surface area contributed by atoms with Gasteiger partial charge >= 0.3 is 0 Å². The SMILES string of the molecule is Cc1cccc2sc(N3C(=O)C[C@@H]4CS(=O)(=O)C[C@@H]43)nc12. The summed E-state index contributed by atoms with van der Waals surface area (Å²) in [5.74, 6) is 0.120. The molecule has 2 saturated heterocycles. The topological polar surface area (TPSA) is 67.3 Å². The van der Waals surface area contributed by atoms with E-state index in [4.69, 9.17) is 0 Å². The van der Waals surface area contributed by atoms with Gasteiger partial charge in [0.05, 0.1) is 27.8 Å². The van der Waals surface area contributed by atoms with Crippen LogP contribution >= 0.6 is 11.3 Å². The molecule has 0 spiro atoms. The normalized spacial score (nSPS) is 27.5. The van der Waals surface area contributed by atoms with Crippen LogP contribution in [0.4, 0.5) is 5.13 Å². The Morgan fingerprint density at radius 3 is 2.90 bits per heavy atom. The van der Waals surface area contributed by atoms with Crippen molar-refractivity contribution >= 4 is 42.4 Å². The van der Waals surface area contributed by atoms with Gasteiger partial charge in [0.25, 0.3) is 0 Å². The van der Waals surface area contributed by atoms with Crippen LogP contribution in [0.5, 0.6) is 0 Å². The molecule has 2 fully saturated rings. The molecule has 3 heterocycles. The van der Waals surface area contributed by atoms with Crippen LogP contribution < -0.4 is 4.90 Å². The second kappa shape index (κ2) is 4.27. The number of hydrogen-bond donors (Lipinski definition) is 0. The van der Waals surface area contributed by atoms with E-state index in [-0.39, 0.29) is 29.4 Å². The van der Waals surface area contributed by atoms with Gasteiger partial charge in [-0.2, -0.15) is 0 Å². The summed E-state index contributed by atoms with van der Waals surface area (Å²) < 4.78 is 24.6. The molecule has 21 heavy (non-hydrogen) atoms. The molecule has 4 rings (SSSR count). The van der Waals surface area contributed by atoms with Crippen LogP contribution in [0.3, 0.4) is 0 Å². The molecule has 0 aliphatic carbocycles. The highest BCUT2D eigenvalue weighted by Gasteiger charge is 2.50. The summed E-state index contributed by atoms with van der Waals surface area (Å²) in [5.41, 5.74) is 1.96. The molecule has 0 saturated carbocycles. The number of thiazole rings is 1. The van der Waals surface area contributed by atoms with Gasteiger partial charge in [0.15, 0.2) is 15.0 Å².